The summed E-state index contributed by atoms with van der Waals surface area (Å²) < 4.78 is 5.15. The minimum Gasteiger partial charge on any atom is -0.387 e. The molecule has 0 aliphatic rings. The SMILES string of the molecule is CCCOCC(=O)NC[C@H](O)c1ccc2ccccc2c1. The summed E-state index contributed by atoms with van der Waals surface area (Å²) in [4.78, 5) is 11.5. The van der Waals surface area contributed by atoms with Crippen LogP contribution in [0.5, 0.6) is 0 Å². The van der Waals surface area contributed by atoms with Gasteiger partial charge in [-0.25, -0.2) is 0 Å². The molecule has 0 saturated carbocycles. The largest absolute Gasteiger partial charge is 0.387 e. The maximum absolute atomic E-state index is 11.5. The van der Waals surface area contributed by atoms with E-state index in [-0.39, 0.29) is 19.1 Å². The number of nitrogens with one attached hydrogen (secondary N) is 1. The third-order valence-corrected chi connectivity index (χ3v) is 3.23. The van der Waals surface area contributed by atoms with Gasteiger partial charge in [0.15, 0.2) is 0 Å². The smallest absolute Gasteiger partial charge is 0.246 e. The van der Waals surface area contributed by atoms with Crippen molar-refractivity contribution in [3.05, 3.63) is 48.0 Å². The van der Waals surface area contributed by atoms with Crippen LogP contribution in [-0.4, -0.2) is 30.8 Å². The molecule has 2 aromatic carbocycles. The van der Waals surface area contributed by atoms with Crippen molar-refractivity contribution in [1.29, 1.82) is 0 Å². The second kappa shape index (κ2) is 7.76. The molecule has 0 radical (unpaired) electrons. The summed E-state index contributed by atoms with van der Waals surface area (Å²) in [6.07, 6.45) is 0.164. The summed E-state index contributed by atoms with van der Waals surface area (Å²) in [5.74, 6) is -0.205. The lowest BCUT2D eigenvalue weighted by Gasteiger charge is -2.13. The Labute approximate surface area is 124 Å². The van der Waals surface area contributed by atoms with E-state index in [1.807, 2.05) is 49.4 Å². The predicted octanol–water partition coefficient (Wildman–Crippen LogP) is 2.42. The number of carbonyl (C=O) groups excluding carboxylic acids is 1. The average molecular weight is 287 g/mol. The van der Waals surface area contributed by atoms with Gasteiger partial charge in [0.1, 0.15) is 6.61 Å². The van der Waals surface area contributed by atoms with Gasteiger partial charge in [-0.2, -0.15) is 0 Å². The summed E-state index contributed by atoms with van der Waals surface area (Å²) in [6, 6.07) is 13.8. The van der Waals surface area contributed by atoms with E-state index in [0.29, 0.717) is 6.61 Å². The van der Waals surface area contributed by atoms with E-state index >= 15 is 0 Å². The van der Waals surface area contributed by atoms with Crippen molar-refractivity contribution in [1.82, 2.24) is 5.32 Å². The van der Waals surface area contributed by atoms with Gasteiger partial charge in [0.2, 0.25) is 5.91 Å². The zero-order valence-electron chi connectivity index (χ0n) is 12.2. The molecule has 0 saturated heterocycles. The van der Waals surface area contributed by atoms with Crippen molar-refractivity contribution in [3.8, 4) is 0 Å². The van der Waals surface area contributed by atoms with Crippen molar-refractivity contribution in [2.24, 2.45) is 0 Å². The number of carbonyl (C=O) groups is 1. The summed E-state index contributed by atoms with van der Waals surface area (Å²) in [6.45, 7) is 2.78. The lowest BCUT2D eigenvalue weighted by Crippen LogP contribution is -2.31. The first-order valence-electron chi connectivity index (χ1n) is 7.22. The maximum Gasteiger partial charge on any atom is 0.246 e. The molecule has 0 aromatic heterocycles. The van der Waals surface area contributed by atoms with E-state index in [0.717, 1.165) is 22.8 Å². The number of amides is 1. The molecule has 112 valence electrons. The monoisotopic (exact) mass is 287 g/mol. The van der Waals surface area contributed by atoms with Gasteiger partial charge in [0, 0.05) is 13.2 Å². The first-order valence-corrected chi connectivity index (χ1v) is 7.22. The Hall–Kier alpha value is -1.91. The third-order valence-electron chi connectivity index (χ3n) is 3.23. The van der Waals surface area contributed by atoms with Crippen LogP contribution in [0.25, 0.3) is 10.8 Å². The van der Waals surface area contributed by atoms with E-state index in [2.05, 4.69) is 5.32 Å². The molecule has 0 heterocycles. The molecular formula is C17H21NO3. The number of fused-ring (bicyclic) bond motifs is 1. The van der Waals surface area contributed by atoms with Crippen molar-refractivity contribution in [3.63, 3.8) is 0 Å². The number of rotatable bonds is 7. The highest BCUT2D eigenvalue weighted by molar-refractivity contribution is 5.83. The maximum atomic E-state index is 11.5. The fourth-order valence-electron chi connectivity index (χ4n) is 2.10. The molecule has 0 spiro atoms. The van der Waals surface area contributed by atoms with Crippen LogP contribution >= 0.6 is 0 Å². The zero-order chi connectivity index (χ0) is 15.1. The number of aliphatic hydroxyl groups is 1. The Kier molecular flexibility index (Phi) is 5.72. The fourth-order valence-corrected chi connectivity index (χ4v) is 2.10. The van der Waals surface area contributed by atoms with Crippen LogP contribution < -0.4 is 5.32 Å². The normalized spacial score (nSPS) is 12.3. The van der Waals surface area contributed by atoms with Crippen molar-refractivity contribution in [2.45, 2.75) is 19.4 Å². The number of hydrogen-bond donors (Lipinski definition) is 2. The van der Waals surface area contributed by atoms with Crippen LogP contribution in [0.1, 0.15) is 25.0 Å². The number of hydrogen-bond acceptors (Lipinski definition) is 3. The van der Waals surface area contributed by atoms with Crippen molar-refractivity contribution in [2.75, 3.05) is 19.8 Å². The number of benzene rings is 2. The van der Waals surface area contributed by atoms with Gasteiger partial charge in [-0.15, -0.1) is 0 Å². The zero-order valence-corrected chi connectivity index (χ0v) is 12.2. The highest BCUT2D eigenvalue weighted by atomic mass is 16.5. The Morgan fingerprint density at radius 3 is 2.76 bits per heavy atom. The lowest BCUT2D eigenvalue weighted by molar-refractivity contribution is -0.126. The van der Waals surface area contributed by atoms with E-state index in [1.165, 1.54) is 0 Å². The molecule has 4 nitrogen and oxygen atoms in total. The summed E-state index contributed by atoms with van der Waals surface area (Å²) in [7, 11) is 0. The first kappa shape index (κ1) is 15.5. The number of ether oxygens (including phenoxy) is 1. The Morgan fingerprint density at radius 1 is 1.24 bits per heavy atom. The molecule has 0 aliphatic carbocycles. The van der Waals surface area contributed by atoms with Gasteiger partial charge < -0.3 is 15.2 Å². The van der Waals surface area contributed by atoms with Crippen LogP contribution in [0.15, 0.2) is 42.5 Å². The van der Waals surface area contributed by atoms with Gasteiger partial charge in [-0.3, -0.25) is 4.79 Å². The average Bonchev–Trinajstić information content (AvgIpc) is 2.52. The number of aliphatic hydroxyl groups excluding tert-OH is 1. The van der Waals surface area contributed by atoms with Crippen molar-refractivity contribution >= 4 is 16.7 Å². The van der Waals surface area contributed by atoms with E-state index < -0.39 is 6.10 Å². The second-order valence-corrected chi connectivity index (χ2v) is 4.98. The lowest BCUT2D eigenvalue weighted by atomic mass is 10.0. The minimum absolute atomic E-state index is 0.0400. The minimum atomic E-state index is -0.718. The summed E-state index contributed by atoms with van der Waals surface area (Å²) in [5, 5.41) is 15.0. The van der Waals surface area contributed by atoms with Gasteiger partial charge in [0.25, 0.3) is 0 Å². The summed E-state index contributed by atoms with van der Waals surface area (Å²) >= 11 is 0. The van der Waals surface area contributed by atoms with Crippen LogP contribution in [-0.2, 0) is 9.53 Å². The van der Waals surface area contributed by atoms with E-state index in [4.69, 9.17) is 4.74 Å². The fraction of sp³-hybridized carbons (Fsp3) is 0.353. The van der Waals surface area contributed by atoms with Gasteiger partial charge >= 0.3 is 0 Å². The highest BCUT2D eigenvalue weighted by Gasteiger charge is 2.10. The van der Waals surface area contributed by atoms with E-state index in [1.54, 1.807) is 0 Å². The predicted molar refractivity (Wildman–Crippen MR) is 83.0 cm³/mol. The molecule has 0 aliphatic heterocycles. The molecular weight excluding hydrogens is 266 g/mol. The molecule has 2 rings (SSSR count). The Bertz CT molecular complexity index is 597. The van der Waals surface area contributed by atoms with Crippen LogP contribution in [0.2, 0.25) is 0 Å². The summed E-state index contributed by atoms with van der Waals surface area (Å²) in [5.41, 5.74) is 0.795. The molecule has 21 heavy (non-hydrogen) atoms. The molecule has 1 amide bonds. The van der Waals surface area contributed by atoms with Gasteiger partial charge in [-0.05, 0) is 28.8 Å². The van der Waals surface area contributed by atoms with Gasteiger partial charge in [0.05, 0.1) is 6.10 Å². The highest BCUT2D eigenvalue weighted by Crippen LogP contribution is 2.19. The van der Waals surface area contributed by atoms with Crippen LogP contribution in [0.4, 0.5) is 0 Å². The molecule has 2 N–H and O–H groups in total. The quantitative estimate of drug-likeness (QED) is 0.769. The van der Waals surface area contributed by atoms with E-state index in [9.17, 15) is 9.90 Å². The van der Waals surface area contributed by atoms with Crippen LogP contribution in [0, 0.1) is 0 Å². The molecule has 1 atom stereocenters. The topological polar surface area (TPSA) is 58.6 Å². The molecule has 4 heteroatoms. The Balaban J connectivity index is 1.89. The third kappa shape index (κ3) is 4.55. The first-order chi connectivity index (χ1) is 10.2. The molecule has 0 unspecified atom stereocenters. The molecule has 2 aromatic rings. The standard InChI is InChI=1S/C17H21NO3/c1-2-9-21-12-17(20)18-11-16(19)15-8-7-13-5-3-4-6-14(13)10-15/h3-8,10,16,19H,2,9,11-12H2,1H3,(H,18,20)/t16-/m0/s1. The van der Waals surface area contributed by atoms with Crippen molar-refractivity contribution < 1.29 is 14.6 Å². The molecule has 0 bridgehead atoms. The van der Waals surface area contributed by atoms with Gasteiger partial charge in [-0.1, -0.05) is 43.3 Å². The van der Waals surface area contributed by atoms with Crippen LogP contribution in [0.3, 0.4) is 0 Å². The Morgan fingerprint density at radius 2 is 2.00 bits per heavy atom. The second-order valence-electron chi connectivity index (χ2n) is 4.98. The molecule has 0 fully saturated rings.